The van der Waals surface area contributed by atoms with E-state index in [1.54, 1.807) is 12.1 Å². The quantitative estimate of drug-likeness (QED) is 0.754. The largest absolute Gasteiger partial charge is 0.508 e. The van der Waals surface area contributed by atoms with Crippen molar-refractivity contribution in [1.29, 1.82) is 0 Å². The number of carboxylic acid groups (broad SMARTS) is 1. The molecule has 4 heteroatoms. The Kier molecular flexibility index (Phi) is 3.48. The van der Waals surface area contributed by atoms with Crippen LogP contribution in [0.15, 0.2) is 24.3 Å². The fourth-order valence-corrected chi connectivity index (χ4v) is 1.17. The average Bonchev–Trinajstić information content (AvgIpc) is 2.14. The maximum absolute atomic E-state index is 10.6. The van der Waals surface area contributed by atoms with Gasteiger partial charge in [0.2, 0.25) is 0 Å². The van der Waals surface area contributed by atoms with Gasteiger partial charge in [-0.2, -0.15) is 0 Å². The van der Waals surface area contributed by atoms with Crippen molar-refractivity contribution in [2.75, 3.05) is 7.11 Å². The normalized spacial score (nSPS) is 12.4. The van der Waals surface area contributed by atoms with E-state index in [2.05, 4.69) is 0 Å². The van der Waals surface area contributed by atoms with Gasteiger partial charge in [-0.3, -0.25) is 0 Å². The van der Waals surface area contributed by atoms with E-state index in [-0.39, 0.29) is 12.2 Å². The first-order valence-corrected chi connectivity index (χ1v) is 4.17. The van der Waals surface area contributed by atoms with Crippen LogP contribution in [-0.4, -0.2) is 29.4 Å². The number of phenols is 1. The SMILES string of the molecule is CO[C@@H](Cc1cccc(O)c1)C(=O)O. The molecule has 76 valence electrons. The van der Waals surface area contributed by atoms with Crippen LogP contribution in [0.4, 0.5) is 0 Å². The molecule has 1 aromatic rings. The minimum Gasteiger partial charge on any atom is -0.508 e. The van der Waals surface area contributed by atoms with E-state index in [0.717, 1.165) is 5.56 Å². The Morgan fingerprint density at radius 3 is 2.79 bits per heavy atom. The molecule has 2 N–H and O–H groups in total. The van der Waals surface area contributed by atoms with Crippen LogP contribution < -0.4 is 0 Å². The Morgan fingerprint density at radius 1 is 1.57 bits per heavy atom. The molecule has 0 saturated heterocycles. The minimum absolute atomic E-state index is 0.128. The molecule has 0 saturated carbocycles. The Bertz CT molecular complexity index is 322. The summed E-state index contributed by atoms with van der Waals surface area (Å²) in [7, 11) is 1.35. The van der Waals surface area contributed by atoms with Gasteiger partial charge in [-0.05, 0) is 17.7 Å². The zero-order valence-corrected chi connectivity index (χ0v) is 7.80. The van der Waals surface area contributed by atoms with Gasteiger partial charge in [-0.25, -0.2) is 4.79 Å². The van der Waals surface area contributed by atoms with Crippen LogP contribution in [-0.2, 0) is 16.0 Å². The Hall–Kier alpha value is -1.55. The summed E-state index contributed by atoms with van der Waals surface area (Å²) in [5, 5.41) is 17.9. The number of rotatable bonds is 4. The standard InChI is InChI=1S/C10H12O4/c1-14-9(10(12)13)6-7-3-2-4-8(11)5-7/h2-5,9,11H,6H2,1H3,(H,12,13)/t9-/m0/s1. The lowest BCUT2D eigenvalue weighted by Crippen LogP contribution is -2.24. The first kappa shape index (κ1) is 10.5. The summed E-state index contributed by atoms with van der Waals surface area (Å²) in [6.45, 7) is 0. The molecule has 1 atom stereocenters. The summed E-state index contributed by atoms with van der Waals surface area (Å²) in [6.07, 6.45) is -0.614. The monoisotopic (exact) mass is 196 g/mol. The number of aliphatic carboxylic acids is 1. The molecule has 0 radical (unpaired) electrons. The first-order chi connectivity index (χ1) is 6.63. The Morgan fingerprint density at radius 2 is 2.29 bits per heavy atom. The molecule has 0 aliphatic carbocycles. The number of benzene rings is 1. The number of carbonyl (C=O) groups is 1. The van der Waals surface area contributed by atoms with Crippen molar-refractivity contribution in [2.45, 2.75) is 12.5 Å². The molecule has 0 aliphatic rings. The minimum atomic E-state index is -1.00. The molecule has 4 nitrogen and oxygen atoms in total. The highest BCUT2D eigenvalue weighted by Gasteiger charge is 2.16. The van der Waals surface area contributed by atoms with Crippen LogP contribution >= 0.6 is 0 Å². The third kappa shape index (κ3) is 2.74. The Balaban J connectivity index is 2.72. The van der Waals surface area contributed by atoms with E-state index >= 15 is 0 Å². The molecule has 0 heterocycles. The zero-order valence-electron chi connectivity index (χ0n) is 7.80. The molecular formula is C10H12O4. The van der Waals surface area contributed by atoms with Gasteiger partial charge in [0.05, 0.1) is 0 Å². The number of hydrogen-bond donors (Lipinski definition) is 2. The van der Waals surface area contributed by atoms with E-state index in [9.17, 15) is 4.79 Å². The highest BCUT2D eigenvalue weighted by Crippen LogP contribution is 2.13. The molecule has 0 fully saturated rings. The highest BCUT2D eigenvalue weighted by atomic mass is 16.5. The third-order valence-electron chi connectivity index (χ3n) is 1.89. The van der Waals surface area contributed by atoms with Gasteiger partial charge in [-0.15, -0.1) is 0 Å². The number of aromatic hydroxyl groups is 1. The molecule has 1 rings (SSSR count). The van der Waals surface area contributed by atoms with Gasteiger partial charge in [0.15, 0.2) is 6.10 Å². The summed E-state index contributed by atoms with van der Waals surface area (Å²) in [4.78, 5) is 10.6. The maximum atomic E-state index is 10.6. The number of ether oxygens (including phenoxy) is 1. The van der Waals surface area contributed by atoms with Crippen LogP contribution in [0.25, 0.3) is 0 Å². The summed E-state index contributed by atoms with van der Waals surface area (Å²) in [5.41, 5.74) is 0.735. The third-order valence-corrected chi connectivity index (χ3v) is 1.89. The zero-order chi connectivity index (χ0) is 10.6. The maximum Gasteiger partial charge on any atom is 0.333 e. The molecule has 0 amide bonds. The van der Waals surface area contributed by atoms with Crippen LogP contribution in [0.1, 0.15) is 5.56 Å². The second kappa shape index (κ2) is 4.62. The average molecular weight is 196 g/mol. The summed E-state index contributed by atoms with van der Waals surface area (Å²) < 4.78 is 4.77. The fraction of sp³-hybridized carbons (Fsp3) is 0.300. The van der Waals surface area contributed by atoms with Gasteiger partial charge < -0.3 is 14.9 Å². The molecule has 0 aromatic heterocycles. The molecule has 1 aromatic carbocycles. The highest BCUT2D eigenvalue weighted by molar-refractivity contribution is 5.72. The van der Waals surface area contributed by atoms with Crippen molar-refractivity contribution >= 4 is 5.97 Å². The molecule has 0 aliphatic heterocycles. The van der Waals surface area contributed by atoms with E-state index in [4.69, 9.17) is 14.9 Å². The molecule has 14 heavy (non-hydrogen) atoms. The predicted molar refractivity (Wildman–Crippen MR) is 50.2 cm³/mol. The van der Waals surface area contributed by atoms with Gasteiger partial charge in [-0.1, -0.05) is 12.1 Å². The first-order valence-electron chi connectivity index (χ1n) is 4.17. The van der Waals surface area contributed by atoms with Gasteiger partial charge in [0, 0.05) is 13.5 Å². The van der Waals surface area contributed by atoms with Crippen LogP contribution in [0.5, 0.6) is 5.75 Å². The number of hydrogen-bond acceptors (Lipinski definition) is 3. The lowest BCUT2D eigenvalue weighted by Gasteiger charge is -2.09. The van der Waals surface area contributed by atoms with E-state index in [0.29, 0.717) is 0 Å². The van der Waals surface area contributed by atoms with Crippen molar-refractivity contribution in [3.63, 3.8) is 0 Å². The predicted octanol–water partition coefficient (Wildman–Crippen LogP) is 1.03. The van der Waals surface area contributed by atoms with Gasteiger partial charge >= 0.3 is 5.97 Å². The topological polar surface area (TPSA) is 66.8 Å². The molecular weight excluding hydrogens is 184 g/mol. The summed E-state index contributed by atoms with van der Waals surface area (Å²) >= 11 is 0. The van der Waals surface area contributed by atoms with Gasteiger partial charge in [0.25, 0.3) is 0 Å². The van der Waals surface area contributed by atoms with Crippen molar-refractivity contribution in [1.82, 2.24) is 0 Å². The molecule has 0 unspecified atom stereocenters. The van der Waals surface area contributed by atoms with E-state index < -0.39 is 12.1 Å². The number of carboxylic acids is 1. The summed E-state index contributed by atoms with van der Waals surface area (Å²) in [5.74, 6) is -0.876. The number of phenolic OH excluding ortho intramolecular Hbond substituents is 1. The van der Waals surface area contributed by atoms with E-state index in [1.165, 1.54) is 19.2 Å². The lowest BCUT2D eigenvalue weighted by molar-refractivity contribution is -0.148. The second-order valence-corrected chi connectivity index (χ2v) is 2.94. The van der Waals surface area contributed by atoms with Crippen molar-refractivity contribution in [3.05, 3.63) is 29.8 Å². The smallest absolute Gasteiger partial charge is 0.333 e. The van der Waals surface area contributed by atoms with E-state index in [1.807, 2.05) is 0 Å². The Labute approximate surface area is 81.8 Å². The van der Waals surface area contributed by atoms with Crippen molar-refractivity contribution in [3.8, 4) is 5.75 Å². The van der Waals surface area contributed by atoms with Crippen LogP contribution in [0.3, 0.4) is 0 Å². The van der Waals surface area contributed by atoms with Crippen molar-refractivity contribution < 1.29 is 19.7 Å². The lowest BCUT2D eigenvalue weighted by atomic mass is 10.1. The fourth-order valence-electron chi connectivity index (χ4n) is 1.17. The van der Waals surface area contributed by atoms with Crippen LogP contribution in [0, 0.1) is 0 Å². The molecule has 0 spiro atoms. The molecule has 0 bridgehead atoms. The second-order valence-electron chi connectivity index (χ2n) is 2.94. The van der Waals surface area contributed by atoms with Gasteiger partial charge in [0.1, 0.15) is 5.75 Å². The summed E-state index contributed by atoms with van der Waals surface area (Å²) in [6, 6.07) is 6.47. The van der Waals surface area contributed by atoms with Crippen molar-refractivity contribution in [2.24, 2.45) is 0 Å². The van der Waals surface area contributed by atoms with Crippen LogP contribution in [0.2, 0.25) is 0 Å². The number of methoxy groups -OCH3 is 1.